The summed E-state index contributed by atoms with van der Waals surface area (Å²) < 4.78 is 0. The van der Waals surface area contributed by atoms with Crippen molar-refractivity contribution in [2.24, 2.45) is 16.5 Å². The topological polar surface area (TPSA) is 81.5 Å². The van der Waals surface area contributed by atoms with Crippen molar-refractivity contribution in [1.82, 2.24) is 0 Å². The minimum absolute atomic E-state index is 0.204. The van der Waals surface area contributed by atoms with Crippen molar-refractivity contribution in [2.75, 3.05) is 0 Å². The van der Waals surface area contributed by atoms with Crippen LogP contribution in [0.3, 0.4) is 0 Å². The molecule has 0 aliphatic carbocycles. The second kappa shape index (κ2) is 12.9. The molecule has 4 heteroatoms. The maximum absolute atomic E-state index is 9.27. The summed E-state index contributed by atoms with van der Waals surface area (Å²) >= 11 is 0. The van der Waals surface area contributed by atoms with Gasteiger partial charge in [-0.1, -0.05) is 48.9 Å². The van der Waals surface area contributed by atoms with Crippen molar-refractivity contribution in [2.45, 2.75) is 26.7 Å². The molecule has 0 unspecified atom stereocenters. The van der Waals surface area contributed by atoms with Crippen molar-refractivity contribution in [3.63, 3.8) is 0 Å². The summed E-state index contributed by atoms with van der Waals surface area (Å²) in [5.41, 5.74) is 13.4. The highest BCUT2D eigenvalue weighted by Crippen LogP contribution is 2.09. The maximum atomic E-state index is 9.27. The zero-order chi connectivity index (χ0) is 16.0. The Morgan fingerprint density at radius 3 is 2.10 bits per heavy atom. The fraction of sp³-hybridized carbons (Fsp3) is 0.250. The van der Waals surface area contributed by atoms with Crippen molar-refractivity contribution in [3.8, 4) is 12.8 Å². The number of hydrogen-bond acceptors (Lipinski definition) is 1. The van der Waals surface area contributed by atoms with Crippen LogP contribution in [-0.2, 0) is 11.2 Å². The van der Waals surface area contributed by atoms with Crippen LogP contribution in [0.2, 0.25) is 0 Å². The number of nitrogens with zero attached hydrogens (tertiary/aromatic N) is 1. The molecule has 1 rings (SSSR count). The molecule has 0 atom stereocenters. The molecular weight excluding hydrogens is 250 g/mol. The first-order valence-corrected chi connectivity index (χ1v) is 6.07. The zero-order valence-electron chi connectivity index (χ0n) is 12.2. The van der Waals surface area contributed by atoms with Gasteiger partial charge in [-0.2, -0.15) is 4.99 Å². The number of guanidine groups is 1. The molecule has 0 saturated carbocycles. The molecule has 0 heterocycles. The standard InChI is InChI=1S/C12H16.C2H5N3O.C2H2/c1-4-10(2)9-12-7-5-11(3)6-8-12;3-2(4)5-1-6;1-2/h5-8H,2,4,9H2,1,3H3;1H,(H4,3,4,5,6);1-2H. The summed E-state index contributed by atoms with van der Waals surface area (Å²) in [5, 5.41) is 0. The molecule has 1 aromatic carbocycles. The maximum Gasteiger partial charge on any atom is 0.236 e. The predicted octanol–water partition coefficient (Wildman–Crippen LogP) is 2.17. The minimum Gasteiger partial charge on any atom is -0.370 e. The summed E-state index contributed by atoms with van der Waals surface area (Å²) in [6.45, 7) is 8.25. The van der Waals surface area contributed by atoms with Crippen LogP contribution in [0, 0.1) is 19.8 Å². The molecule has 0 aliphatic heterocycles. The third-order valence-electron chi connectivity index (χ3n) is 2.28. The summed E-state index contributed by atoms with van der Waals surface area (Å²) in [6, 6.07) is 8.66. The van der Waals surface area contributed by atoms with Crippen molar-refractivity contribution in [3.05, 3.63) is 47.5 Å². The van der Waals surface area contributed by atoms with E-state index in [-0.39, 0.29) is 12.4 Å². The first-order valence-electron chi connectivity index (χ1n) is 6.07. The van der Waals surface area contributed by atoms with Crippen LogP contribution >= 0.6 is 0 Å². The molecule has 1 aromatic rings. The summed E-state index contributed by atoms with van der Waals surface area (Å²) in [5.74, 6) is -0.204. The fourth-order valence-corrected chi connectivity index (χ4v) is 1.18. The molecule has 0 aliphatic rings. The SMILES string of the molecule is C#C.C=C(CC)Cc1ccc(C)cc1.NC(N)=NC=O. The second-order valence-corrected chi connectivity index (χ2v) is 3.93. The van der Waals surface area contributed by atoms with Gasteiger partial charge >= 0.3 is 0 Å². The Hall–Kier alpha value is -2.54. The number of terminal acetylenes is 1. The molecule has 0 aromatic heterocycles. The number of carbonyl (C=O) groups excluding carboxylic acids is 1. The third kappa shape index (κ3) is 11.9. The quantitative estimate of drug-likeness (QED) is 0.290. The Kier molecular flexibility index (Phi) is 12.8. The lowest BCUT2D eigenvalue weighted by Crippen LogP contribution is -2.22. The number of hydrogen-bond donors (Lipinski definition) is 2. The Labute approximate surface area is 121 Å². The van der Waals surface area contributed by atoms with E-state index in [0.717, 1.165) is 12.8 Å². The van der Waals surface area contributed by atoms with Gasteiger partial charge in [0.25, 0.3) is 0 Å². The first kappa shape index (κ1) is 19.8. The predicted molar refractivity (Wildman–Crippen MR) is 86.1 cm³/mol. The molecule has 4 N–H and O–H groups in total. The highest BCUT2D eigenvalue weighted by molar-refractivity contribution is 5.82. The molecule has 0 fully saturated rings. The summed E-state index contributed by atoms with van der Waals surface area (Å²) in [7, 11) is 0. The van der Waals surface area contributed by atoms with E-state index in [1.165, 1.54) is 16.7 Å². The Balaban J connectivity index is 0. The van der Waals surface area contributed by atoms with E-state index in [1.807, 2.05) is 0 Å². The lowest BCUT2D eigenvalue weighted by Gasteiger charge is -2.02. The highest BCUT2D eigenvalue weighted by atomic mass is 16.1. The molecule has 20 heavy (non-hydrogen) atoms. The molecular formula is C16H23N3O. The smallest absolute Gasteiger partial charge is 0.236 e. The van der Waals surface area contributed by atoms with E-state index in [1.54, 1.807) is 0 Å². The Bertz CT molecular complexity index is 441. The second-order valence-electron chi connectivity index (χ2n) is 3.93. The van der Waals surface area contributed by atoms with Crippen LogP contribution in [0.5, 0.6) is 0 Å². The van der Waals surface area contributed by atoms with Gasteiger partial charge in [0, 0.05) is 0 Å². The number of amides is 1. The van der Waals surface area contributed by atoms with Crippen LogP contribution in [0.1, 0.15) is 24.5 Å². The van der Waals surface area contributed by atoms with Crippen LogP contribution in [0.25, 0.3) is 0 Å². The van der Waals surface area contributed by atoms with Crippen LogP contribution in [0.4, 0.5) is 0 Å². The van der Waals surface area contributed by atoms with Crippen LogP contribution in [-0.4, -0.2) is 12.4 Å². The van der Waals surface area contributed by atoms with E-state index >= 15 is 0 Å². The van der Waals surface area contributed by atoms with Gasteiger partial charge in [0.15, 0.2) is 5.96 Å². The highest BCUT2D eigenvalue weighted by Gasteiger charge is 1.94. The van der Waals surface area contributed by atoms with Gasteiger partial charge in [0.2, 0.25) is 6.41 Å². The molecule has 0 saturated heterocycles. The molecule has 0 radical (unpaired) electrons. The van der Waals surface area contributed by atoms with Gasteiger partial charge < -0.3 is 11.5 Å². The largest absolute Gasteiger partial charge is 0.370 e. The van der Waals surface area contributed by atoms with Gasteiger partial charge in [0.1, 0.15) is 0 Å². The molecule has 4 nitrogen and oxygen atoms in total. The minimum atomic E-state index is -0.204. The Morgan fingerprint density at radius 1 is 1.30 bits per heavy atom. The lowest BCUT2D eigenvalue weighted by molar-refractivity contribution is -0.106. The van der Waals surface area contributed by atoms with Gasteiger partial charge in [-0.3, -0.25) is 4.79 Å². The number of rotatable bonds is 4. The normalized spacial score (nSPS) is 8.00. The zero-order valence-corrected chi connectivity index (χ0v) is 12.2. The average Bonchev–Trinajstić information content (AvgIpc) is 2.44. The number of carbonyl (C=O) groups is 1. The van der Waals surface area contributed by atoms with E-state index in [2.05, 4.69) is 62.5 Å². The average molecular weight is 273 g/mol. The van der Waals surface area contributed by atoms with Gasteiger partial charge in [-0.15, -0.1) is 12.8 Å². The third-order valence-corrected chi connectivity index (χ3v) is 2.28. The van der Waals surface area contributed by atoms with Crippen molar-refractivity contribution >= 4 is 12.4 Å². The van der Waals surface area contributed by atoms with E-state index in [9.17, 15) is 4.79 Å². The van der Waals surface area contributed by atoms with Crippen molar-refractivity contribution < 1.29 is 4.79 Å². The fourth-order valence-electron chi connectivity index (χ4n) is 1.18. The lowest BCUT2D eigenvalue weighted by atomic mass is 10.0. The van der Waals surface area contributed by atoms with E-state index in [0.29, 0.717) is 0 Å². The Morgan fingerprint density at radius 2 is 1.80 bits per heavy atom. The number of nitrogens with two attached hydrogens (primary N) is 2. The van der Waals surface area contributed by atoms with Crippen molar-refractivity contribution in [1.29, 1.82) is 0 Å². The summed E-state index contributed by atoms with van der Waals surface area (Å²) in [4.78, 5) is 12.2. The summed E-state index contributed by atoms with van der Waals surface area (Å²) in [6.07, 6.45) is 10.4. The first-order chi connectivity index (χ1) is 9.49. The van der Waals surface area contributed by atoms with E-state index < -0.39 is 0 Å². The van der Waals surface area contributed by atoms with E-state index in [4.69, 9.17) is 11.5 Å². The van der Waals surface area contributed by atoms with Gasteiger partial charge in [0.05, 0.1) is 0 Å². The molecule has 0 spiro atoms. The molecule has 0 bridgehead atoms. The van der Waals surface area contributed by atoms with Gasteiger partial charge in [-0.05, 0) is 25.3 Å². The molecule has 108 valence electrons. The van der Waals surface area contributed by atoms with Crippen LogP contribution in [0.15, 0.2) is 41.4 Å². The number of allylic oxidation sites excluding steroid dienone is 1. The number of benzene rings is 1. The van der Waals surface area contributed by atoms with Crippen LogP contribution < -0.4 is 11.5 Å². The van der Waals surface area contributed by atoms with Gasteiger partial charge in [-0.25, -0.2) is 0 Å². The number of aryl methyl sites for hydroxylation is 1. The number of aliphatic imine (C=N–C) groups is 1. The monoisotopic (exact) mass is 273 g/mol. The molecule has 1 amide bonds.